The summed E-state index contributed by atoms with van der Waals surface area (Å²) in [4.78, 5) is 22.8. The quantitative estimate of drug-likeness (QED) is 0.491. The van der Waals surface area contributed by atoms with Crippen LogP contribution in [-0.2, 0) is 6.42 Å². The molecule has 0 spiro atoms. The highest BCUT2D eigenvalue weighted by molar-refractivity contribution is 6.13. The first-order valence-electron chi connectivity index (χ1n) is 7.25. The van der Waals surface area contributed by atoms with Gasteiger partial charge >= 0.3 is 0 Å². The number of Topliss-reactive ketones (excluding diaryl/α,β-unsaturated/α-hetero) is 1. The van der Waals surface area contributed by atoms with Gasteiger partial charge in [-0.25, -0.2) is 0 Å². The van der Waals surface area contributed by atoms with Gasteiger partial charge in [0.2, 0.25) is 0 Å². The molecule has 0 heterocycles. The van der Waals surface area contributed by atoms with Crippen molar-refractivity contribution in [3.8, 4) is 5.75 Å². The monoisotopic (exact) mass is 309 g/mol. The number of carbonyl (C=O) groups excluding carboxylic acids is 1. The molecule has 0 amide bonds. The highest BCUT2D eigenvalue weighted by atomic mass is 16.6. The molecule has 2 aromatic rings. The molecule has 1 aliphatic rings. The molecule has 2 aromatic carbocycles. The minimum absolute atomic E-state index is 0.00672. The van der Waals surface area contributed by atoms with Gasteiger partial charge in [0.15, 0.2) is 5.78 Å². The number of ketones is 1. The van der Waals surface area contributed by atoms with Crippen LogP contribution in [0.1, 0.15) is 27.9 Å². The first-order valence-corrected chi connectivity index (χ1v) is 7.25. The number of nitro benzene ring substituents is 1. The van der Waals surface area contributed by atoms with E-state index in [-0.39, 0.29) is 11.5 Å². The molecular weight excluding hydrogens is 294 g/mol. The van der Waals surface area contributed by atoms with Gasteiger partial charge in [-0.3, -0.25) is 14.9 Å². The minimum Gasteiger partial charge on any atom is -0.497 e. The van der Waals surface area contributed by atoms with Crippen LogP contribution in [0.2, 0.25) is 0 Å². The van der Waals surface area contributed by atoms with Crippen molar-refractivity contribution in [1.82, 2.24) is 0 Å². The van der Waals surface area contributed by atoms with E-state index < -0.39 is 4.92 Å². The normalized spacial score (nSPS) is 15.3. The summed E-state index contributed by atoms with van der Waals surface area (Å²) in [6.45, 7) is 0. The Bertz CT molecular complexity index is 806. The number of nitrogens with zero attached hydrogens (tertiary/aromatic N) is 1. The number of hydrogen-bond acceptors (Lipinski definition) is 4. The third-order valence-electron chi connectivity index (χ3n) is 3.96. The van der Waals surface area contributed by atoms with Crippen molar-refractivity contribution >= 4 is 17.5 Å². The fraction of sp³-hybridized carbons (Fsp3) is 0.167. The number of ether oxygens (including phenoxy) is 1. The van der Waals surface area contributed by atoms with E-state index in [2.05, 4.69) is 0 Å². The molecule has 0 saturated heterocycles. The smallest absolute Gasteiger partial charge is 0.269 e. The Morgan fingerprint density at radius 2 is 1.87 bits per heavy atom. The van der Waals surface area contributed by atoms with E-state index in [0.717, 1.165) is 28.9 Å². The second-order valence-electron chi connectivity index (χ2n) is 5.37. The number of carbonyl (C=O) groups is 1. The molecule has 0 saturated carbocycles. The zero-order valence-electron chi connectivity index (χ0n) is 12.6. The first kappa shape index (κ1) is 15.0. The summed E-state index contributed by atoms with van der Waals surface area (Å²) in [5.41, 5.74) is 3.24. The molecular formula is C18H15NO4. The van der Waals surface area contributed by atoms with Crippen LogP contribution in [-0.4, -0.2) is 17.8 Å². The van der Waals surface area contributed by atoms with Crippen molar-refractivity contribution in [3.63, 3.8) is 0 Å². The van der Waals surface area contributed by atoms with Crippen LogP contribution in [0.5, 0.6) is 5.75 Å². The summed E-state index contributed by atoms with van der Waals surface area (Å²) >= 11 is 0. The fourth-order valence-corrected chi connectivity index (χ4v) is 2.71. The Hall–Kier alpha value is -2.95. The van der Waals surface area contributed by atoms with Crippen molar-refractivity contribution in [2.75, 3.05) is 7.11 Å². The van der Waals surface area contributed by atoms with Gasteiger partial charge in [-0.2, -0.15) is 0 Å². The SMILES string of the molecule is COc1ccc2c(c1)CCC(=Cc1ccc([N+](=O)[O-])cc1)C2=O. The van der Waals surface area contributed by atoms with Crippen molar-refractivity contribution in [1.29, 1.82) is 0 Å². The average Bonchev–Trinajstić information content (AvgIpc) is 2.57. The second-order valence-corrected chi connectivity index (χ2v) is 5.37. The summed E-state index contributed by atoms with van der Waals surface area (Å²) in [7, 11) is 1.60. The van der Waals surface area contributed by atoms with Gasteiger partial charge in [0.05, 0.1) is 12.0 Å². The lowest BCUT2D eigenvalue weighted by atomic mass is 9.86. The average molecular weight is 309 g/mol. The minimum atomic E-state index is -0.438. The van der Waals surface area contributed by atoms with Crippen LogP contribution in [0.4, 0.5) is 5.69 Å². The van der Waals surface area contributed by atoms with E-state index in [1.807, 2.05) is 6.07 Å². The Labute approximate surface area is 133 Å². The number of non-ortho nitro benzene ring substituents is 1. The van der Waals surface area contributed by atoms with Gasteiger partial charge in [0.1, 0.15) is 5.75 Å². The molecule has 3 rings (SSSR count). The molecule has 0 atom stereocenters. The van der Waals surface area contributed by atoms with Gasteiger partial charge < -0.3 is 4.74 Å². The number of aryl methyl sites for hydroxylation is 1. The lowest BCUT2D eigenvalue weighted by Crippen LogP contribution is -2.14. The number of benzene rings is 2. The van der Waals surface area contributed by atoms with Gasteiger partial charge in [-0.05, 0) is 60.4 Å². The predicted molar refractivity (Wildman–Crippen MR) is 86.7 cm³/mol. The number of rotatable bonds is 3. The van der Waals surface area contributed by atoms with Crippen molar-refractivity contribution < 1.29 is 14.5 Å². The molecule has 0 unspecified atom stereocenters. The van der Waals surface area contributed by atoms with Crippen molar-refractivity contribution in [2.45, 2.75) is 12.8 Å². The highest BCUT2D eigenvalue weighted by Crippen LogP contribution is 2.29. The summed E-state index contributed by atoms with van der Waals surface area (Å²) in [6.07, 6.45) is 3.23. The van der Waals surface area contributed by atoms with Gasteiger partial charge in [-0.1, -0.05) is 0 Å². The van der Waals surface area contributed by atoms with E-state index >= 15 is 0 Å². The predicted octanol–water partition coefficient (Wildman–Crippen LogP) is 3.82. The summed E-state index contributed by atoms with van der Waals surface area (Å²) in [5.74, 6) is 0.756. The zero-order valence-corrected chi connectivity index (χ0v) is 12.6. The third kappa shape index (κ3) is 2.99. The Morgan fingerprint density at radius 1 is 1.13 bits per heavy atom. The number of nitro groups is 1. The molecule has 116 valence electrons. The van der Waals surface area contributed by atoms with Crippen LogP contribution in [0.25, 0.3) is 6.08 Å². The number of methoxy groups -OCH3 is 1. The number of allylic oxidation sites excluding steroid dienone is 1. The summed E-state index contributed by atoms with van der Waals surface area (Å²) in [5, 5.41) is 10.7. The highest BCUT2D eigenvalue weighted by Gasteiger charge is 2.22. The van der Waals surface area contributed by atoms with E-state index in [9.17, 15) is 14.9 Å². The molecule has 1 aliphatic carbocycles. The molecule has 0 N–H and O–H groups in total. The van der Waals surface area contributed by atoms with Crippen LogP contribution in [0.3, 0.4) is 0 Å². The second kappa shape index (κ2) is 6.04. The molecule has 0 aromatic heterocycles. The maximum absolute atomic E-state index is 12.6. The van der Waals surface area contributed by atoms with Crippen LogP contribution in [0, 0.1) is 10.1 Å². The molecule has 0 aliphatic heterocycles. The van der Waals surface area contributed by atoms with E-state index in [1.54, 1.807) is 37.5 Å². The fourth-order valence-electron chi connectivity index (χ4n) is 2.71. The number of fused-ring (bicyclic) bond motifs is 1. The molecule has 5 heteroatoms. The van der Waals surface area contributed by atoms with Crippen LogP contribution < -0.4 is 4.74 Å². The Kier molecular flexibility index (Phi) is 3.93. The van der Waals surface area contributed by atoms with E-state index in [1.165, 1.54) is 12.1 Å². The van der Waals surface area contributed by atoms with Gasteiger partial charge in [0.25, 0.3) is 5.69 Å². The molecule has 0 radical (unpaired) electrons. The summed E-state index contributed by atoms with van der Waals surface area (Å²) < 4.78 is 5.19. The first-order chi connectivity index (χ1) is 11.1. The molecule has 23 heavy (non-hydrogen) atoms. The zero-order chi connectivity index (χ0) is 16.4. The standard InChI is InChI=1S/C18H15NO4/c1-23-16-8-9-17-13(11-16)4-5-14(18(17)20)10-12-2-6-15(7-3-12)19(21)22/h2-3,6-11H,4-5H2,1H3. The molecule has 0 bridgehead atoms. The number of hydrogen-bond donors (Lipinski definition) is 0. The Balaban J connectivity index is 1.89. The van der Waals surface area contributed by atoms with Crippen LogP contribution in [0.15, 0.2) is 48.0 Å². The summed E-state index contributed by atoms with van der Waals surface area (Å²) in [6, 6.07) is 11.7. The van der Waals surface area contributed by atoms with Crippen molar-refractivity contribution in [3.05, 3.63) is 74.8 Å². The van der Waals surface area contributed by atoms with Crippen molar-refractivity contribution in [2.24, 2.45) is 0 Å². The van der Waals surface area contributed by atoms with Crippen LogP contribution >= 0.6 is 0 Å². The third-order valence-corrected chi connectivity index (χ3v) is 3.96. The Morgan fingerprint density at radius 3 is 2.52 bits per heavy atom. The lowest BCUT2D eigenvalue weighted by molar-refractivity contribution is -0.384. The largest absolute Gasteiger partial charge is 0.497 e. The molecule has 5 nitrogen and oxygen atoms in total. The molecule has 0 fully saturated rings. The topological polar surface area (TPSA) is 69.4 Å². The van der Waals surface area contributed by atoms with Gasteiger partial charge in [0, 0.05) is 23.3 Å². The lowest BCUT2D eigenvalue weighted by Gasteiger charge is -2.18. The van der Waals surface area contributed by atoms with Gasteiger partial charge in [-0.15, -0.1) is 0 Å². The van der Waals surface area contributed by atoms with E-state index in [0.29, 0.717) is 12.0 Å². The maximum atomic E-state index is 12.6. The van der Waals surface area contributed by atoms with E-state index in [4.69, 9.17) is 4.74 Å². The maximum Gasteiger partial charge on any atom is 0.269 e.